The van der Waals surface area contributed by atoms with E-state index in [-0.39, 0.29) is 5.41 Å². The molecule has 1 nitrogen and oxygen atoms in total. The molecule has 1 aliphatic rings. The molecule has 1 unspecified atom stereocenters. The van der Waals surface area contributed by atoms with Crippen LogP contribution < -0.4 is 0 Å². The quantitative estimate of drug-likeness (QED) is 0.524. The first-order valence-electron chi connectivity index (χ1n) is 4.98. The molecule has 1 aromatic rings. The largest absolute Gasteiger partial charge is 0.302 e. The molecule has 2 rings (SSSR count). The summed E-state index contributed by atoms with van der Waals surface area (Å²) < 4.78 is 0. The Kier molecular flexibility index (Phi) is 2.24. The molecule has 0 spiro atoms. The van der Waals surface area contributed by atoms with Gasteiger partial charge < -0.3 is 4.79 Å². The molecule has 0 fully saturated rings. The maximum atomic E-state index is 11.2. The summed E-state index contributed by atoms with van der Waals surface area (Å²) in [6.07, 6.45) is 5.65. The minimum absolute atomic E-state index is 0.279. The molecule has 14 heavy (non-hydrogen) atoms. The fraction of sp³-hybridized carbons (Fsp3) is 0.308. The Morgan fingerprint density at radius 1 is 1.43 bits per heavy atom. The lowest BCUT2D eigenvalue weighted by Gasteiger charge is -2.21. The SMILES string of the molecule is C=CCC1(C=O)CCc2ccccc21. The normalized spacial score (nSPS) is 24.3. The lowest BCUT2D eigenvalue weighted by Crippen LogP contribution is -2.23. The summed E-state index contributed by atoms with van der Waals surface area (Å²) >= 11 is 0. The minimum Gasteiger partial charge on any atom is -0.302 e. The van der Waals surface area contributed by atoms with E-state index in [4.69, 9.17) is 0 Å². The second-order valence-electron chi connectivity index (χ2n) is 3.92. The van der Waals surface area contributed by atoms with Crippen molar-refractivity contribution >= 4 is 6.29 Å². The second-order valence-corrected chi connectivity index (χ2v) is 3.92. The van der Waals surface area contributed by atoms with Gasteiger partial charge in [-0.15, -0.1) is 6.58 Å². The smallest absolute Gasteiger partial charge is 0.130 e. The third-order valence-electron chi connectivity index (χ3n) is 3.13. The Labute approximate surface area is 84.5 Å². The van der Waals surface area contributed by atoms with E-state index in [1.54, 1.807) is 0 Å². The predicted molar refractivity (Wildman–Crippen MR) is 57.3 cm³/mol. The third-order valence-corrected chi connectivity index (χ3v) is 3.13. The fourth-order valence-corrected chi connectivity index (χ4v) is 2.36. The van der Waals surface area contributed by atoms with E-state index >= 15 is 0 Å². The monoisotopic (exact) mass is 186 g/mol. The van der Waals surface area contributed by atoms with E-state index in [0.29, 0.717) is 0 Å². The maximum Gasteiger partial charge on any atom is 0.130 e. The van der Waals surface area contributed by atoms with E-state index in [2.05, 4.69) is 18.7 Å². The van der Waals surface area contributed by atoms with Gasteiger partial charge in [0.05, 0.1) is 5.41 Å². The molecule has 1 aromatic carbocycles. The lowest BCUT2D eigenvalue weighted by atomic mass is 9.80. The van der Waals surface area contributed by atoms with Crippen molar-refractivity contribution in [2.45, 2.75) is 24.7 Å². The molecule has 0 saturated heterocycles. The van der Waals surface area contributed by atoms with Gasteiger partial charge in [-0.2, -0.15) is 0 Å². The first kappa shape index (κ1) is 9.20. The first-order valence-corrected chi connectivity index (χ1v) is 4.98. The van der Waals surface area contributed by atoms with Crippen molar-refractivity contribution in [3.8, 4) is 0 Å². The Bertz CT molecular complexity index is 367. The van der Waals surface area contributed by atoms with Crippen molar-refractivity contribution in [3.63, 3.8) is 0 Å². The molecule has 1 heteroatoms. The number of allylic oxidation sites excluding steroid dienone is 1. The van der Waals surface area contributed by atoms with Crippen molar-refractivity contribution in [3.05, 3.63) is 48.0 Å². The van der Waals surface area contributed by atoms with Gasteiger partial charge in [0.2, 0.25) is 0 Å². The van der Waals surface area contributed by atoms with Gasteiger partial charge >= 0.3 is 0 Å². The van der Waals surface area contributed by atoms with Crippen molar-refractivity contribution < 1.29 is 4.79 Å². The van der Waals surface area contributed by atoms with Crippen molar-refractivity contribution in [1.82, 2.24) is 0 Å². The number of fused-ring (bicyclic) bond motifs is 1. The molecule has 0 bridgehead atoms. The Morgan fingerprint density at radius 2 is 2.21 bits per heavy atom. The Morgan fingerprint density at radius 3 is 2.93 bits per heavy atom. The molecule has 0 N–H and O–H groups in total. The molecule has 0 saturated carbocycles. The molecule has 0 radical (unpaired) electrons. The second kappa shape index (κ2) is 3.41. The van der Waals surface area contributed by atoms with Crippen molar-refractivity contribution in [1.29, 1.82) is 0 Å². The topological polar surface area (TPSA) is 17.1 Å². The highest BCUT2D eigenvalue weighted by Crippen LogP contribution is 2.39. The third kappa shape index (κ3) is 1.20. The predicted octanol–water partition coefficient (Wildman–Crippen LogP) is 2.65. The van der Waals surface area contributed by atoms with Gasteiger partial charge in [-0.3, -0.25) is 0 Å². The zero-order chi connectivity index (χ0) is 10.0. The van der Waals surface area contributed by atoms with Crippen LogP contribution in [0, 0.1) is 0 Å². The molecule has 0 heterocycles. The lowest BCUT2D eigenvalue weighted by molar-refractivity contribution is -0.112. The van der Waals surface area contributed by atoms with Gasteiger partial charge in [-0.1, -0.05) is 30.3 Å². The number of benzene rings is 1. The standard InChI is InChI=1S/C13H14O/c1-2-8-13(10-14)9-7-11-5-3-4-6-12(11)13/h2-6,10H,1,7-9H2. The van der Waals surface area contributed by atoms with E-state index in [9.17, 15) is 4.79 Å². The van der Waals surface area contributed by atoms with Gasteiger partial charge in [0.1, 0.15) is 6.29 Å². The van der Waals surface area contributed by atoms with E-state index in [1.807, 2.05) is 18.2 Å². The summed E-state index contributed by atoms with van der Waals surface area (Å²) in [5.74, 6) is 0. The summed E-state index contributed by atoms with van der Waals surface area (Å²) in [5, 5.41) is 0. The zero-order valence-corrected chi connectivity index (χ0v) is 8.20. The summed E-state index contributed by atoms with van der Waals surface area (Å²) in [6.45, 7) is 3.73. The van der Waals surface area contributed by atoms with Crippen LogP contribution in [-0.2, 0) is 16.6 Å². The van der Waals surface area contributed by atoms with Crippen molar-refractivity contribution in [2.24, 2.45) is 0 Å². The van der Waals surface area contributed by atoms with Crippen LogP contribution in [0.15, 0.2) is 36.9 Å². The number of hydrogen-bond donors (Lipinski definition) is 0. The number of carbonyl (C=O) groups is 1. The van der Waals surface area contributed by atoms with E-state index < -0.39 is 0 Å². The molecule has 0 aromatic heterocycles. The minimum atomic E-state index is -0.279. The van der Waals surface area contributed by atoms with Crippen LogP contribution in [0.25, 0.3) is 0 Å². The number of rotatable bonds is 3. The van der Waals surface area contributed by atoms with Gasteiger partial charge in [-0.25, -0.2) is 0 Å². The molecule has 0 aliphatic heterocycles. The number of hydrogen-bond acceptors (Lipinski definition) is 1. The summed E-state index contributed by atoms with van der Waals surface area (Å²) in [6, 6.07) is 8.23. The first-order chi connectivity index (χ1) is 6.82. The van der Waals surface area contributed by atoms with Crippen LogP contribution in [0.5, 0.6) is 0 Å². The van der Waals surface area contributed by atoms with Crippen LogP contribution in [0.4, 0.5) is 0 Å². The average Bonchev–Trinajstić information content (AvgIpc) is 2.59. The average molecular weight is 186 g/mol. The van der Waals surface area contributed by atoms with Gasteiger partial charge in [0.25, 0.3) is 0 Å². The molecular weight excluding hydrogens is 172 g/mol. The van der Waals surface area contributed by atoms with Crippen LogP contribution in [-0.4, -0.2) is 6.29 Å². The Balaban J connectivity index is 2.49. The molecule has 0 amide bonds. The van der Waals surface area contributed by atoms with E-state index in [0.717, 1.165) is 25.5 Å². The number of aryl methyl sites for hydroxylation is 1. The van der Waals surface area contributed by atoms with Gasteiger partial charge in [0, 0.05) is 0 Å². The van der Waals surface area contributed by atoms with Crippen molar-refractivity contribution in [2.75, 3.05) is 0 Å². The van der Waals surface area contributed by atoms with Gasteiger partial charge in [-0.05, 0) is 30.4 Å². The number of aldehydes is 1. The maximum absolute atomic E-state index is 11.2. The summed E-state index contributed by atoms with van der Waals surface area (Å²) in [5.41, 5.74) is 2.24. The highest BCUT2D eigenvalue weighted by Gasteiger charge is 2.36. The molecule has 72 valence electrons. The number of carbonyl (C=O) groups excluding carboxylic acids is 1. The highest BCUT2D eigenvalue weighted by atomic mass is 16.1. The van der Waals surface area contributed by atoms with Crippen LogP contribution >= 0.6 is 0 Å². The molecule has 1 aliphatic carbocycles. The zero-order valence-electron chi connectivity index (χ0n) is 8.20. The fourth-order valence-electron chi connectivity index (χ4n) is 2.36. The molecule has 1 atom stereocenters. The van der Waals surface area contributed by atoms with E-state index in [1.165, 1.54) is 11.1 Å². The summed E-state index contributed by atoms with van der Waals surface area (Å²) in [7, 11) is 0. The molecular formula is C13H14O. The summed E-state index contributed by atoms with van der Waals surface area (Å²) in [4.78, 5) is 11.2. The highest BCUT2D eigenvalue weighted by molar-refractivity contribution is 5.72. The van der Waals surface area contributed by atoms with Crippen LogP contribution in [0.2, 0.25) is 0 Å². The van der Waals surface area contributed by atoms with Crippen LogP contribution in [0.3, 0.4) is 0 Å². The van der Waals surface area contributed by atoms with Crippen LogP contribution in [0.1, 0.15) is 24.0 Å². The Hall–Kier alpha value is -1.37. The van der Waals surface area contributed by atoms with Gasteiger partial charge in [0.15, 0.2) is 0 Å².